The smallest absolute Gasteiger partial charge is 0.340 e. The molecule has 0 saturated carbocycles. The Kier molecular flexibility index (Phi) is 5.14. The first-order chi connectivity index (χ1) is 17.7. The van der Waals surface area contributed by atoms with Gasteiger partial charge in [-0.1, -0.05) is 18.2 Å². The van der Waals surface area contributed by atoms with Gasteiger partial charge in [-0.25, -0.2) is 9.59 Å². The van der Waals surface area contributed by atoms with Gasteiger partial charge in [0.15, 0.2) is 11.7 Å². The number of aliphatic hydroxyl groups is 3. The van der Waals surface area contributed by atoms with E-state index in [9.17, 15) is 35.1 Å². The molecule has 1 saturated heterocycles. The molecule has 0 unspecified atom stereocenters. The average molecular weight is 508 g/mol. The summed E-state index contributed by atoms with van der Waals surface area (Å²) in [6.45, 7) is 0. The second-order valence-corrected chi connectivity index (χ2v) is 8.91. The number of hydrogen-bond donors (Lipinski definition) is 5. The van der Waals surface area contributed by atoms with Crippen molar-refractivity contribution in [3.63, 3.8) is 0 Å². The van der Waals surface area contributed by atoms with E-state index in [2.05, 4.69) is 0 Å². The third kappa shape index (κ3) is 3.36. The van der Waals surface area contributed by atoms with Crippen LogP contribution in [0.25, 0.3) is 0 Å². The van der Waals surface area contributed by atoms with Gasteiger partial charge in [0.2, 0.25) is 6.29 Å². The molecule has 1 spiro atoms. The SMILES string of the molecule is O=C1O[C@@]2(c3ccc(O)cc3Oc3cc(O[C@H]4O[C@H](C(=O)O)[C@@H](O)[C@H](O)[C@H]4O)ccc32)c2ccccc21. The number of benzene rings is 3. The third-order valence-electron chi connectivity index (χ3n) is 6.73. The Bertz CT molecular complexity index is 1440. The minimum Gasteiger partial charge on any atom is -0.508 e. The summed E-state index contributed by atoms with van der Waals surface area (Å²) in [4.78, 5) is 24.3. The Hall–Kier alpha value is -4.16. The molecule has 3 aliphatic heterocycles. The first-order valence-corrected chi connectivity index (χ1v) is 11.3. The summed E-state index contributed by atoms with van der Waals surface area (Å²) < 4.78 is 22.9. The van der Waals surface area contributed by atoms with Gasteiger partial charge in [-0.15, -0.1) is 0 Å². The van der Waals surface area contributed by atoms with Gasteiger partial charge in [-0.05, 0) is 30.3 Å². The van der Waals surface area contributed by atoms with Crippen LogP contribution >= 0.6 is 0 Å². The van der Waals surface area contributed by atoms with Crippen LogP contribution < -0.4 is 9.47 Å². The molecular formula is C26H20O11. The van der Waals surface area contributed by atoms with Gasteiger partial charge in [0.05, 0.1) is 5.56 Å². The number of phenols is 1. The Balaban J connectivity index is 1.43. The predicted octanol–water partition coefficient (Wildman–Crippen LogP) is 1.23. The number of rotatable bonds is 3. The van der Waals surface area contributed by atoms with Crippen LogP contribution in [0.1, 0.15) is 27.0 Å². The van der Waals surface area contributed by atoms with Crippen LogP contribution in [-0.2, 0) is 19.9 Å². The standard InChI is InChI=1S/C26H20O11/c27-11-5-7-15-17(9-11)35-18-10-12(34-25-21(30)19(28)20(29)22(36-25)23(31)32)6-8-16(18)26(15)14-4-2-1-3-13(14)24(33)37-26/h1-10,19-22,25,27-30H,(H,31,32)/t19-,20-,21+,22-,25-,26+/m0/s1. The molecule has 37 heavy (non-hydrogen) atoms. The molecule has 0 aromatic heterocycles. The number of carboxylic acids is 1. The van der Waals surface area contributed by atoms with Crippen molar-refractivity contribution in [2.24, 2.45) is 0 Å². The minimum absolute atomic E-state index is 0.0619. The maximum absolute atomic E-state index is 12.9. The van der Waals surface area contributed by atoms with Crippen molar-refractivity contribution in [3.05, 3.63) is 82.9 Å². The normalized spacial score (nSPS) is 29.5. The highest BCUT2D eigenvalue weighted by Crippen LogP contribution is 2.57. The van der Waals surface area contributed by atoms with Crippen LogP contribution in [-0.4, -0.2) is 68.2 Å². The minimum atomic E-state index is -1.86. The highest BCUT2D eigenvalue weighted by molar-refractivity contribution is 5.97. The summed E-state index contributed by atoms with van der Waals surface area (Å²) >= 11 is 0. The van der Waals surface area contributed by atoms with Gasteiger partial charge in [-0.3, -0.25) is 0 Å². The molecule has 11 heteroatoms. The summed E-state index contributed by atoms with van der Waals surface area (Å²) in [7, 11) is 0. The number of carbonyl (C=O) groups is 2. The number of phenolic OH excluding ortho intramolecular Hbond substituents is 1. The van der Waals surface area contributed by atoms with Crippen LogP contribution in [0, 0.1) is 0 Å². The molecule has 6 atom stereocenters. The van der Waals surface area contributed by atoms with Crippen molar-refractivity contribution in [2.45, 2.75) is 36.3 Å². The van der Waals surface area contributed by atoms with Gasteiger partial charge in [0, 0.05) is 28.8 Å². The number of esters is 1. The van der Waals surface area contributed by atoms with Crippen LogP contribution in [0.5, 0.6) is 23.0 Å². The molecule has 3 aliphatic rings. The highest BCUT2D eigenvalue weighted by atomic mass is 16.7. The average Bonchev–Trinajstić information content (AvgIpc) is 3.16. The van der Waals surface area contributed by atoms with Gasteiger partial charge in [0.25, 0.3) is 0 Å². The second kappa shape index (κ2) is 8.18. The Labute approximate surface area is 208 Å². The predicted molar refractivity (Wildman–Crippen MR) is 121 cm³/mol. The molecule has 5 N–H and O–H groups in total. The zero-order valence-corrected chi connectivity index (χ0v) is 18.8. The lowest BCUT2D eigenvalue weighted by molar-refractivity contribution is -0.271. The van der Waals surface area contributed by atoms with Crippen molar-refractivity contribution in [3.8, 4) is 23.0 Å². The third-order valence-corrected chi connectivity index (χ3v) is 6.73. The lowest BCUT2D eigenvalue weighted by Gasteiger charge is -2.39. The van der Waals surface area contributed by atoms with Crippen molar-refractivity contribution in [1.82, 2.24) is 0 Å². The van der Waals surface area contributed by atoms with Crippen LogP contribution in [0.4, 0.5) is 0 Å². The van der Waals surface area contributed by atoms with Gasteiger partial charge in [-0.2, -0.15) is 0 Å². The quantitative estimate of drug-likeness (QED) is 0.322. The van der Waals surface area contributed by atoms with E-state index in [4.69, 9.17) is 18.9 Å². The number of hydrogen-bond acceptors (Lipinski definition) is 10. The topological polar surface area (TPSA) is 172 Å². The monoisotopic (exact) mass is 508 g/mol. The number of aliphatic carboxylic acids is 1. The summed E-state index contributed by atoms with van der Waals surface area (Å²) in [6, 6.07) is 15.8. The molecule has 0 radical (unpaired) electrons. The second-order valence-electron chi connectivity index (χ2n) is 8.91. The number of aromatic hydroxyl groups is 1. The van der Waals surface area contributed by atoms with Crippen LogP contribution in [0.3, 0.4) is 0 Å². The lowest BCUT2D eigenvalue weighted by Crippen LogP contribution is -2.61. The van der Waals surface area contributed by atoms with Crippen LogP contribution in [0.15, 0.2) is 60.7 Å². The fourth-order valence-corrected chi connectivity index (χ4v) is 5.00. The van der Waals surface area contributed by atoms with E-state index in [1.807, 2.05) is 0 Å². The van der Waals surface area contributed by atoms with Crippen molar-refractivity contribution < 1.29 is 54.1 Å². The Morgan fingerprint density at radius 1 is 0.865 bits per heavy atom. The zero-order valence-electron chi connectivity index (χ0n) is 18.8. The molecule has 6 rings (SSSR count). The zero-order chi connectivity index (χ0) is 26.1. The summed E-state index contributed by atoms with van der Waals surface area (Å²) in [5, 5.41) is 49.6. The largest absolute Gasteiger partial charge is 0.508 e. The number of aliphatic hydroxyl groups excluding tert-OH is 3. The molecule has 0 amide bonds. The Morgan fingerprint density at radius 3 is 2.32 bits per heavy atom. The van der Waals surface area contributed by atoms with Gasteiger partial charge in [0.1, 0.15) is 41.3 Å². The van der Waals surface area contributed by atoms with E-state index in [0.29, 0.717) is 22.3 Å². The van der Waals surface area contributed by atoms with Gasteiger partial charge >= 0.3 is 11.9 Å². The van der Waals surface area contributed by atoms with E-state index < -0.39 is 48.2 Å². The number of ether oxygens (including phenoxy) is 4. The van der Waals surface area contributed by atoms with E-state index in [-0.39, 0.29) is 23.0 Å². The lowest BCUT2D eigenvalue weighted by atomic mass is 9.77. The summed E-state index contributed by atoms with van der Waals surface area (Å²) in [6.07, 6.45) is -8.91. The maximum atomic E-state index is 12.9. The molecule has 0 aliphatic carbocycles. The molecular weight excluding hydrogens is 488 g/mol. The van der Waals surface area contributed by atoms with E-state index in [1.165, 1.54) is 24.3 Å². The van der Waals surface area contributed by atoms with Crippen molar-refractivity contribution in [2.75, 3.05) is 0 Å². The van der Waals surface area contributed by atoms with Crippen molar-refractivity contribution in [1.29, 1.82) is 0 Å². The van der Waals surface area contributed by atoms with E-state index in [1.54, 1.807) is 36.4 Å². The first kappa shape index (κ1) is 23.3. The molecule has 0 bridgehead atoms. The molecule has 3 heterocycles. The maximum Gasteiger partial charge on any atom is 0.340 e. The van der Waals surface area contributed by atoms with Crippen molar-refractivity contribution >= 4 is 11.9 Å². The molecule has 190 valence electrons. The number of fused-ring (bicyclic) bond motifs is 6. The molecule has 1 fully saturated rings. The molecule has 11 nitrogen and oxygen atoms in total. The molecule has 3 aromatic carbocycles. The fraction of sp³-hybridized carbons (Fsp3) is 0.231. The van der Waals surface area contributed by atoms with Crippen LogP contribution in [0.2, 0.25) is 0 Å². The Morgan fingerprint density at radius 2 is 1.57 bits per heavy atom. The number of carbonyl (C=O) groups excluding carboxylic acids is 1. The van der Waals surface area contributed by atoms with E-state index in [0.717, 1.165) is 0 Å². The summed E-state index contributed by atoms with van der Waals surface area (Å²) in [5.74, 6) is -1.66. The van der Waals surface area contributed by atoms with E-state index >= 15 is 0 Å². The first-order valence-electron chi connectivity index (χ1n) is 11.3. The molecule has 3 aromatic rings. The summed E-state index contributed by atoms with van der Waals surface area (Å²) in [5.41, 5.74) is 0.536. The van der Waals surface area contributed by atoms with Gasteiger partial charge < -0.3 is 44.5 Å². The fourth-order valence-electron chi connectivity index (χ4n) is 5.00. The highest BCUT2D eigenvalue weighted by Gasteiger charge is 2.54. The number of carboxylic acid groups (broad SMARTS) is 1.